The van der Waals surface area contributed by atoms with Crippen LogP contribution in [0.25, 0.3) is 0 Å². The van der Waals surface area contributed by atoms with Crippen LogP contribution in [0.4, 0.5) is 8.78 Å². The van der Waals surface area contributed by atoms with Gasteiger partial charge < -0.3 is 10.2 Å². The van der Waals surface area contributed by atoms with Gasteiger partial charge in [0.1, 0.15) is 11.6 Å². The second-order valence-corrected chi connectivity index (χ2v) is 9.37. The molecular formula is C26H35F2N3O. The Balaban J connectivity index is 1.75. The molecule has 1 atom stereocenters. The molecule has 1 amide bonds. The number of halogens is 2. The second kappa shape index (κ2) is 11.0. The lowest BCUT2D eigenvalue weighted by molar-refractivity contribution is -0.136. The molecule has 1 fully saturated rings. The minimum absolute atomic E-state index is 0.117. The Bertz CT molecular complexity index is 804. The van der Waals surface area contributed by atoms with Crippen LogP contribution < -0.4 is 5.32 Å². The molecule has 0 aromatic heterocycles. The SMILES string of the molecule is CC(C)C[C@H](NC(C)C)C(=O)N1CCN(C(c2ccc(F)cc2)c2ccc(F)cc2)CC1. The first-order valence-corrected chi connectivity index (χ1v) is 11.5. The van der Waals surface area contributed by atoms with Gasteiger partial charge in [-0.15, -0.1) is 0 Å². The summed E-state index contributed by atoms with van der Waals surface area (Å²) in [6, 6.07) is 12.9. The average molecular weight is 444 g/mol. The molecular weight excluding hydrogens is 408 g/mol. The van der Waals surface area contributed by atoms with Crippen LogP contribution in [-0.4, -0.2) is 54.0 Å². The van der Waals surface area contributed by atoms with Crippen molar-refractivity contribution in [2.75, 3.05) is 26.2 Å². The van der Waals surface area contributed by atoms with Gasteiger partial charge in [0.25, 0.3) is 0 Å². The zero-order valence-corrected chi connectivity index (χ0v) is 19.5. The molecule has 174 valence electrons. The third-order valence-corrected chi connectivity index (χ3v) is 5.90. The highest BCUT2D eigenvalue weighted by Gasteiger charge is 2.31. The molecule has 6 heteroatoms. The lowest BCUT2D eigenvalue weighted by Gasteiger charge is -2.41. The van der Waals surface area contributed by atoms with E-state index in [2.05, 4.69) is 37.9 Å². The van der Waals surface area contributed by atoms with E-state index in [9.17, 15) is 13.6 Å². The topological polar surface area (TPSA) is 35.6 Å². The maximum Gasteiger partial charge on any atom is 0.239 e. The largest absolute Gasteiger partial charge is 0.339 e. The first-order valence-electron chi connectivity index (χ1n) is 11.5. The molecule has 1 saturated heterocycles. The van der Waals surface area contributed by atoms with Gasteiger partial charge in [0.2, 0.25) is 5.91 Å². The zero-order valence-electron chi connectivity index (χ0n) is 19.5. The Morgan fingerprint density at radius 3 is 1.72 bits per heavy atom. The van der Waals surface area contributed by atoms with E-state index in [-0.39, 0.29) is 35.7 Å². The lowest BCUT2D eigenvalue weighted by atomic mass is 9.96. The standard InChI is InChI=1S/C26H35F2N3O/c1-18(2)17-24(29-19(3)4)26(32)31-15-13-30(14-16-31)25(20-5-9-22(27)10-6-20)21-7-11-23(28)12-8-21/h5-12,18-19,24-25,29H,13-17H2,1-4H3/t24-/m0/s1. The predicted molar refractivity (Wildman–Crippen MR) is 124 cm³/mol. The number of hydrogen-bond donors (Lipinski definition) is 1. The van der Waals surface area contributed by atoms with Crippen molar-refractivity contribution in [1.82, 2.24) is 15.1 Å². The fourth-order valence-electron chi connectivity index (χ4n) is 4.44. The zero-order chi connectivity index (χ0) is 23.3. The molecule has 1 N–H and O–H groups in total. The van der Waals surface area contributed by atoms with Crippen LogP contribution in [0.1, 0.15) is 51.3 Å². The molecule has 32 heavy (non-hydrogen) atoms. The quantitative estimate of drug-likeness (QED) is 0.647. The molecule has 4 nitrogen and oxygen atoms in total. The van der Waals surface area contributed by atoms with E-state index in [1.54, 1.807) is 24.3 Å². The van der Waals surface area contributed by atoms with Crippen LogP contribution in [0.15, 0.2) is 48.5 Å². The van der Waals surface area contributed by atoms with Crippen molar-refractivity contribution in [3.05, 3.63) is 71.3 Å². The normalized spacial score (nSPS) is 16.2. The molecule has 1 aliphatic heterocycles. The molecule has 3 rings (SSSR count). The Morgan fingerprint density at radius 2 is 1.31 bits per heavy atom. The summed E-state index contributed by atoms with van der Waals surface area (Å²) in [4.78, 5) is 17.5. The van der Waals surface area contributed by atoms with Gasteiger partial charge in [-0.3, -0.25) is 9.69 Å². The minimum Gasteiger partial charge on any atom is -0.339 e. The van der Waals surface area contributed by atoms with Crippen molar-refractivity contribution >= 4 is 5.91 Å². The van der Waals surface area contributed by atoms with Crippen molar-refractivity contribution in [3.63, 3.8) is 0 Å². The summed E-state index contributed by atoms with van der Waals surface area (Å²) in [5.41, 5.74) is 1.91. The van der Waals surface area contributed by atoms with Crippen molar-refractivity contribution < 1.29 is 13.6 Å². The summed E-state index contributed by atoms with van der Waals surface area (Å²) in [7, 11) is 0. The Morgan fingerprint density at radius 1 is 0.844 bits per heavy atom. The Hall–Kier alpha value is -2.31. The molecule has 0 radical (unpaired) electrons. The molecule has 0 unspecified atom stereocenters. The number of nitrogens with one attached hydrogen (secondary N) is 1. The van der Waals surface area contributed by atoms with E-state index >= 15 is 0 Å². The first kappa shape index (κ1) is 24.3. The van der Waals surface area contributed by atoms with E-state index in [0.29, 0.717) is 32.1 Å². The minimum atomic E-state index is -0.282. The van der Waals surface area contributed by atoms with Crippen LogP contribution in [0.5, 0.6) is 0 Å². The summed E-state index contributed by atoms with van der Waals surface area (Å²) in [6.45, 7) is 11.1. The summed E-state index contributed by atoms with van der Waals surface area (Å²) in [5.74, 6) is 0.0247. The molecule has 0 bridgehead atoms. The highest BCUT2D eigenvalue weighted by molar-refractivity contribution is 5.82. The second-order valence-electron chi connectivity index (χ2n) is 9.37. The lowest BCUT2D eigenvalue weighted by Crippen LogP contribution is -2.55. The van der Waals surface area contributed by atoms with Gasteiger partial charge in [-0.25, -0.2) is 8.78 Å². The van der Waals surface area contributed by atoms with Crippen LogP contribution in [0, 0.1) is 17.6 Å². The number of benzene rings is 2. The highest BCUT2D eigenvalue weighted by Crippen LogP contribution is 2.30. The van der Waals surface area contributed by atoms with Gasteiger partial charge in [-0.1, -0.05) is 52.0 Å². The van der Waals surface area contributed by atoms with Gasteiger partial charge in [0.05, 0.1) is 12.1 Å². The number of rotatable bonds is 8. The van der Waals surface area contributed by atoms with Gasteiger partial charge in [-0.05, 0) is 47.7 Å². The van der Waals surface area contributed by atoms with Crippen molar-refractivity contribution in [3.8, 4) is 0 Å². The summed E-state index contributed by atoms with van der Waals surface area (Å²) in [6.07, 6.45) is 0.811. The molecule has 1 heterocycles. The summed E-state index contributed by atoms with van der Waals surface area (Å²) in [5, 5.41) is 3.43. The highest BCUT2D eigenvalue weighted by atomic mass is 19.1. The molecule has 2 aromatic carbocycles. The maximum absolute atomic E-state index is 13.5. The number of nitrogens with zero attached hydrogens (tertiary/aromatic N) is 2. The van der Waals surface area contributed by atoms with E-state index < -0.39 is 0 Å². The van der Waals surface area contributed by atoms with Crippen molar-refractivity contribution in [2.24, 2.45) is 5.92 Å². The third kappa shape index (κ3) is 6.36. The summed E-state index contributed by atoms with van der Waals surface area (Å²) < 4.78 is 27.1. The van der Waals surface area contributed by atoms with E-state index in [4.69, 9.17) is 0 Å². The van der Waals surface area contributed by atoms with E-state index in [1.807, 2.05) is 4.90 Å². The van der Waals surface area contributed by atoms with Crippen LogP contribution in [0.3, 0.4) is 0 Å². The van der Waals surface area contributed by atoms with Crippen LogP contribution >= 0.6 is 0 Å². The van der Waals surface area contributed by atoms with Crippen LogP contribution in [0.2, 0.25) is 0 Å². The molecule has 0 aliphatic carbocycles. The number of carbonyl (C=O) groups excluding carboxylic acids is 1. The molecule has 0 spiro atoms. The van der Waals surface area contributed by atoms with E-state index in [0.717, 1.165) is 17.5 Å². The molecule has 2 aromatic rings. The van der Waals surface area contributed by atoms with Gasteiger partial charge in [0, 0.05) is 32.2 Å². The Kier molecular flexibility index (Phi) is 8.38. The number of hydrogen-bond acceptors (Lipinski definition) is 3. The molecule has 0 saturated carbocycles. The number of carbonyl (C=O) groups is 1. The summed E-state index contributed by atoms with van der Waals surface area (Å²) >= 11 is 0. The van der Waals surface area contributed by atoms with Gasteiger partial charge >= 0.3 is 0 Å². The Labute approximate surface area is 190 Å². The smallest absolute Gasteiger partial charge is 0.239 e. The number of piperazine rings is 1. The fraction of sp³-hybridized carbons (Fsp3) is 0.500. The van der Waals surface area contributed by atoms with Crippen molar-refractivity contribution in [2.45, 2.75) is 52.2 Å². The maximum atomic E-state index is 13.5. The fourth-order valence-corrected chi connectivity index (χ4v) is 4.44. The third-order valence-electron chi connectivity index (χ3n) is 5.90. The predicted octanol–water partition coefficient (Wildman–Crippen LogP) is 4.61. The average Bonchev–Trinajstić information content (AvgIpc) is 2.75. The first-order chi connectivity index (χ1) is 15.2. The number of amides is 1. The molecule has 1 aliphatic rings. The van der Waals surface area contributed by atoms with Crippen LogP contribution in [-0.2, 0) is 4.79 Å². The van der Waals surface area contributed by atoms with Gasteiger partial charge in [0.15, 0.2) is 0 Å². The van der Waals surface area contributed by atoms with Gasteiger partial charge in [-0.2, -0.15) is 0 Å². The monoisotopic (exact) mass is 443 g/mol. The van der Waals surface area contributed by atoms with Crippen molar-refractivity contribution in [1.29, 1.82) is 0 Å². The van der Waals surface area contributed by atoms with E-state index in [1.165, 1.54) is 24.3 Å².